The van der Waals surface area contributed by atoms with Crippen molar-refractivity contribution < 1.29 is 9.72 Å². The molecule has 2 aromatic rings. The SMILES string of the molecule is NC(C(=O)N1CCN(c2cccc([N+](=O)[O-])c2)CC1)c1ccccc1. The van der Waals surface area contributed by atoms with Crippen LogP contribution in [0.5, 0.6) is 0 Å². The Kier molecular flexibility index (Phi) is 4.95. The van der Waals surface area contributed by atoms with Crippen LogP contribution in [-0.4, -0.2) is 41.9 Å². The first-order chi connectivity index (χ1) is 12.1. The normalized spacial score (nSPS) is 15.7. The monoisotopic (exact) mass is 340 g/mol. The molecule has 1 amide bonds. The largest absolute Gasteiger partial charge is 0.368 e. The van der Waals surface area contributed by atoms with Gasteiger partial charge in [-0.25, -0.2) is 0 Å². The molecule has 0 bridgehead atoms. The van der Waals surface area contributed by atoms with E-state index in [1.165, 1.54) is 6.07 Å². The molecule has 0 aromatic heterocycles. The molecule has 0 spiro atoms. The molecule has 0 radical (unpaired) electrons. The molecule has 1 aliphatic heterocycles. The summed E-state index contributed by atoms with van der Waals surface area (Å²) in [4.78, 5) is 26.9. The summed E-state index contributed by atoms with van der Waals surface area (Å²) in [5, 5.41) is 10.9. The Balaban J connectivity index is 1.63. The third kappa shape index (κ3) is 3.77. The molecular formula is C18H20N4O3. The molecule has 130 valence electrons. The van der Waals surface area contributed by atoms with Gasteiger partial charge < -0.3 is 15.5 Å². The lowest BCUT2D eigenvalue weighted by atomic mass is 10.1. The Morgan fingerprint density at radius 3 is 2.36 bits per heavy atom. The average Bonchev–Trinajstić information content (AvgIpc) is 2.67. The van der Waals surface area contributed by atoms with E-state index < -0.39 is 11.0 Å². The minimum Gasteiger partial charge on any atom is -0.368 e. The van der Waals surface area contributed by atoms with Gasteiger partial charge in [-0.2, -0.15) is 0 Å². The maximum atomic E-state index is 12.6. The number of benzene rings is 2. The van der Waals surface area contributed by atoms with Crippen molar-refractivity contribution in [2.24, 2.45) is 5.73 Å². The number of rotatable bonds is 4. The van der Waals surface area contributed by atoms with Crippen molar-refractivity contribution in [3.05, 3.63) is 70.3 Å². The molecule has 3 rings (SSSR count). The molecule has 1 atom stereocenters. The number of carbonyl (C=O) groups is 1. The van der Waals surface area contributed by atoms with Crippen molar-refractivity contribution in [2.45, 2.75) is 6.04 Å². The summed E-state index contributed by atoms with van der Waals surface area (Å²) < 4.78 is 0. The fourth-order valence-electron chi connectivity index (χ4n) is 2.99. The number of nitrogens with zero attached hydrogens (tertiary/aromatic N) is 3. The molecule has 0 aliphatic carbocycles. The molecule has 1 saturated heterocycles. The molecule has 1 heterocycles. The number of hydrogen-bond acceptors (Lipinski definition) is 5. The highest BCUT2D eigenvalue weighted by Crippen LogP contribution is 2.23. The van der Waals surface area contributed by atoms with E-state index in [1.54, 1.807) is 17.0 Å². The van der Waals surface area contributed by atoms with Crippen molar-refractivity contribution in [1.82, 2.24) is 4.90 Å². The number of non-ortho nitro benzene ring substituents is 1. The van der Waals surface area contributed by atoms with Gasteiger partial charge in [-0.05, 0) is 11.6 Å². The summed E-state index contributed by atoms with van der Waals surface area (Å²) in [6.45, 7) is 2.33. The first-order valence-electron chi connectivity index (χ1n) is 8.15. The zero-order valence-corrected chi connectivity index (χ0v) is 13.7. The Bertz CT molecular complexity index is 758. The molecule has 2 N–H and O–H groups in total. The third-order valence-corrected chi connectivity index (χ3v) is 4.42. The summed E-state index contributed by atoms with van der Waals surface area (Å²) in [5.74, 6) is -0.0927. The zero-order chi connectivity index (χ0) is 17.8. The summed E-state index contributed by atoms with van der Waals surface area (Å²) in [6.07, 6.45) is 0. The summed E-state index contributed by atoms with van der Waals surface area (Å²) >= 11 is 0. The van der Waals surface area contributed by atoms with Crippen LogP contribution in [0.15, 0.2) is 54.6 Å². The van der Waals surface area contributed by atoms with Crippen LogP contribution in [0.1, 0.15) is 11.6 Å². The molecule has 1 aliphatic rings. The van der Waals surface area contributed by atoms with E-state index in [2.05, 4.69) is 0 Å². The van der Waals surface area contributed by atoms with E-state index in [9.17, 15) is 14.9 Å². The van der Waals surface area contributed by atoms with Crippen LogP contribution in [0.3, 0.4) is 0 Å². The van der Waals surface area contributed by atoms with E-state index in [0.717, 1.165) is 11.3 Å². The highest BCUT2D eigenvalue weighted by molar-refractivity contribution is 5.83. The number of nitro groups is 1. The number of carbonyl (C=O) groups excluding carboxylic acids is 1. The molecule has 7 nitrogen and oxygen atoms in total. The lowest BCUT2D eigenvalue weighted by Crippen LogP contribution is -2.51. The summed E-state index contributed by atoms with van der Waals surface area (Å²) in [5.41, 5.74) is 7.76. The van der Waals surface area contributed by atoms with Crippen LogP contribution in [-0.2, 0) is 4.79 Å². The first-order valence-corrected chi connectivity index (χ1v) is 8.15. The van der Waals surface area contributed by atoms with Gasteiger partial charge in [-0.15, -0.1) is 0 Å². The molecule has 25 heavy (non-hydrogen) atoms. The maximum absolute atomic E-state index is 12.6. The van der Waals surface area contributed by atoms with Gasteiger partial charge in [-0.1, -0.05) is 36.4 Å². The second-order valence-corrected chi connectivity index (χ2v) is 5.98. The van der Waals surface area contributed by atoms with Crippen molar-refractivity contribution in [3.8, 4) is 0 Å². The van der Waals surface area contributed by atoms with Gasteiger partial charge in [0.25, 0.3) is 5.69 Å². The highest BCUT2D eigenvalue weighted by Gasteiger charge is 2.26. The average molecular weight is 340 g/mol. The summed E-state index contributed by atoms with van der Waals surface area (Å²) in [6, 6.07) is 15.2. The predicted octanol–water partition coefficient (Wildman–Crippen LogP) is 1.94. The van der Waals surface area contributed by atoms with Crippen LogP contribution < -0.4 is 10.6 Å². The van der Waals surface area contributed by atoms with Crippen molar-refractivity contribution in [2.75, 3.05) is 31.1 Å². The number of piperazine rings is 1. The lowest BCUT2D eigenvalue weighted by Gasteiger charge is -2.37. The molecule has 0 saturated carbocycles. The van der Waals surface area contributed by atoms with Crippen LogP contribution in [0, 0.1) is 10.1 Å². The predicted molar refractivity (Wildman–Crippen MR) is 95.3 cm³/mol. The van der Waals surface area contributed by atoms with Crippen molar-refractivity contribution >= 4 is 17.3 Å². The topological polar surface area (TPSA) is 92.7 Å². The third-order valence-electron chi connectivity index (χ3n) is 4.42. The standard InChI is InChI=1S/C18H20N4O3/c19-17(14-5-2-1-3-6-14)18(23)21-11-9-20(10-12-21)15-7-4-8-16(13-15)22(24)25/h1-8,13,17H,9-12,19H2. The first kappa shape index (κ1) is 16.9. The van der Waals surface area contributed by atoms with E-state index in [1.807, 2.05) is 41.3 Å². The molecular weight excluding hydrogens is 320 g/mol. The minimum atomic E-state index is -0.662. The van der Waals surface area contributed by atoms with Crippen molar-refractivity contribution in [3.63, 3.8) is 0 Å². The van der Waals surface area contributed by atoms with Crippen LogP contribution in [0.2, 0.25) is 0 Å². The Morgan fingerprint density at radius 2 is 1.72 bits per heavy atom. The van der Waals surface area contributed by atoms with Gasteiger partial charge in [0, 0.05) is 44.0 Å². The fourth-order valence-corrected chi connectivity index (χ4v) is 2.99. The smallest absolute Gasteiger partial charge is 0.271 e. The zero-order valence-electron chi connectivity index (χ0n) is 13.7. The van der Waals surface area contributed by atoms with Gasteiger partial charge in [-0.3, -0.25) is 14.9 Å². The number of anilines is 1. The fraction of sp³-hybridized carbons (Fsp3) is 0.278. The summed E-state index contributed by atoms with van der Waals surface area (Å²) in [7, 11) is 0. The van der Waals surface area contributed by atoms with Crippen LogP contribution >= 0.6 is 0 Å². The van der Waals surface area contributed by atoms with Crippen LogP contribution in [0.4, 0.5) is 11.4 Å². The van der Waals surface area contributed by atoms with E-state index >= 15 is 0 Å². The van der Waals surface area contributed by atoms with E-state index in [0.29, 0.717) is 26.2 Å². The van der Waals surface area contributed by atoms with Gasteiger partial charge in [0.1, 0.15) is 6.04 Å². The van der Waals surface area contributed by atoms with Crippen LogP contribution in [0.25, 0.3) is 0 Å². The second kappa shape index (κ2) is 7.31. The second-order valence-electron chi connectivity index (χ2n) is 5.98. The number of hydrogen-bond donors (Lipinski definition) is 1. The quantitative estimate of drug-likeness (QED) is 0.678. The molecule has 7 heteroatoms. The number of nitro benzene ring substituents is 1. The lowest BCUT2D eigenvalue weighted by molar-refractivity contribution is -0.384. The Hall–Kier alpha value is -2.93. The maximum Gasteiger partial charge on any atom is 0.271 e. The van der Waals surface area contributed by atoms with Gasteiger partial charge >= 0.3 is 0 Å². The van der Waals surface area contributed by atoms with Gasteiger partial charge in [0.2, 0.25) is 5.91 Å². The molecule has 1 unspecified atom stereocenters. The number of nitrogens with two attached hydrogens (primary N) is 1. The van der Waals surface area contributed by atoms with Gasteiger partial charge in [0.05, 0.1) is 4.92 Å². The molecule has 1 fully saturated rings. The highest BCUT2D eigenvalue weighted by atomic mass is 16.6. The minimum absolute atomic E-state index is 0.0714. The van der Waals surface area contributed by atoms with Crippen molar-refractivity contribution in [1.29, 1.82) is 0 Å². The van der Waals surface area contributed by atoms with E-state index in [4.69, 9.17) is 5.73 Å². The van der Waals surface area contributed by atoms with Gasteiger partial charge in [0.15, 0.2) is 0 Å². The Morgan fingerprint density at radius 1 is 1.04 bits per heavy atom. The molecule has 2 aromatic carbocycles. The number of amides is 1. The Labute approximate surface area is 145 Å². The van der Waals surface area contributed by atoms with E-state index in [-0.39, 0.29) is 11.6 Å².